The summed E-state index contributed by atoms with van der Waals surface area (Å²) in [6.07, 6.45) is -1.87. The minimum atomic E-state index is -4.35. The monoisotopic (exact) mass is 586 g/mol. The first-order valence-electron chi connectivity index (χ1n) is 13.8. The molecule has 0 saturated heterocycles. The van der Waals surface area contributed by atoms with Crippen molar-refractivity contribution >= 4 is 22.8 Å². The predicted octanol–water partition coefficient (Wildman–Crippen LogP) is 6.84. The number of amides is 2. The SMILES string of the molecule is CC.CC(C)n1nccc1C(=O)NCc1nc2ccc(CNC(=O)CCC(F)(F)F)cc2[nH]1.FC1(F)CCCCC1. The first-order chi connectivity index (χ1) is 19.3. The molecule has 2 aromatic heterocycles. The van der Waals surface area contributed by atoms with E-state index in [1.807, 2.05) is 27.7 Å². The minimum Gasteiger partial charge on any atom is -0.352 e. The minimum absolute atomic E-state index is 0.0503. The van der Waals surface area contributed by atoms with Gasteiger partial charge in [0.25, 0.3) is 5.91 Å². The molecule has 1 fully saturated rings. The van der Waals surface area contributed by atoms with E-state index < -0.39 is 30.8 Å². The maximum Gasteiger partial charge on any atom is 0.389 e. The summed E-state index contributed by atoms with van der Waals surface area (Å²) in [7, 11) is 0. The van der Waals surface area contributed by atoms with Crippen LogP contribution in [0.5, 0.6) is 0 Å². The molecule has 1 aromatic carbocycles. The fraction of sp³-hybridized carbons (Fsp3) is 0.571. The maximum atomic E-state index is 12.4. The van der Waals surface area contributed by atoms with Gasteiger partial charge in [-0.25, -0.2) is 13.8 Å². The molecule has 0 unspecified atom stereocenters. The van der Waals surface area contributed by atoms with Crippen molar-refractivity contribution in [2.24, 2.45) is 0 Å². The van der Waals surface area contributed by atoms with E-state index >= 15 is 0 Å². The van der Waals surface area contributed by atoms with Gasteiger partial charge in [-0.05, 0) is 50.5 Å². The lowest BCUT2D eigenvalue weighted by Gasteiger charge is -2.20. The summed E-state index contributed by atoms with van der Waals surface area (Å²) >= 11 is 0. The number of carbonyl (C=O) groups is 2. The van der Waals surface area contributed by atoms with E-state index in [4.69, 9.17) is 0 Å². The average Bonchev–Trinajstić information content (AvgIpc) is 3.57. The Morgan fingerprint density at radius 2 is 1.73 bits per heavy atom. The number of imidazole rings is 1. The summed E-state index contributed by atoms with van der Waals surface area (Å²) in [5, 5.41) is 9.41. The number of aromatic nitrogens is 4. The second-order valence-corrected chi connectivity index (χ2v) is 9.78. The smallest absolute Gasteiger partial charge is 0.352 e. The van der Waals surface area contributed by atoms with Crippen LogP contribution >= 0.6 is 0 Å². The summed E-state index contributed by atoms with van der Waals surface area (Å²) in [6, 6.07) is 6.92. The number of fused-ring (bicyclic) bond motifs is 1. The van der Waals surface area contributed by atoms with Crippen LogP contribution < -0.4 is 10.6 Å². The van der Waals surface area contributed by atoms with Gasteiger partial charge >= 0.3 is 6.18 Å². The van der Waals surface area contributed by atoms with Crippen LogP contribution in [0.15, 0.2) is 30.5 Å². The van der Waals surface area contributed by atoms with Gasteiger partial charge in [0.15, 0.2) is 0 Å². The highest BCUT2D eigenvalue weighted by molar-refractivity contribution is 5.92. The van der Waals surface area contributed by atoms with E-state index in [9.17, 15) is 31.5 Å². The molecule has 1 saturated carbocycles. The van der Waals surface area contributed by atoms with Crippen LogP contribution in [0.3, 0.4) is 0 Å². The van der Waals surface area contributed by atoms with Crippen LogP contribution in [-0.4, -0.2) is 43.7 Å². The first-order valence-corrected chi connectivity index (χ1v) is 13.8. The van der Waals surface area contributed by atoms with Crippen LogP contribution in [0, 0.1) is 0 Å². The van der Waals surface area contributed by atoms with E-state index in [1.165, 1.54) is 0 Å². The number of nitrogens with one attached hydrogen (secondary N) is 3. The van der Waals surface area contributed by atoms with Gasteiger partial charge in [-0.1, -0.05) is 26.3 Å². The molecule has 0 aliphatic heterocycles. The predicted molar refractivity (Wildman–Crippen MR) is 146 cm³/mol. The molecule has 2 amide bonds. The van der Waals surface area contributed by atoms with E-state index in [0.29, 0.717) is 41.0 Å². The maximum absolute atomic E-state index is 12.4. The van der Waals surface area contributed by atoms with E-state index in [-0.39, 0.29) is 37.9 Å². The summed E-state index contributed by atoms with van der Waals surface area (Å²) in [5.74, 6) is -2.71. The molecule has 13 heteroatoms. The second-order valence-electron chi connectivity index (χ2n) is 9.78. The third-order valence-corrected chi connectivity index (χ3v) is 6.11. The molecule has 0 radical (unpaired) electrons. The van der Waals surface area contributed by atoms with Crippen molar-refractivity contribution in [1.29, 1.82) is 0 Å². The summed E-state index contributed by atoms with van der Waals surface area (Å²) in [5.41, 5.74) is 2.53. The highest BCUT2D eigenvalue weighted by Crippen LogP contribution is 2.32. The van der Waals surface area contributed by atoms with Crippen LogP contribution in [0.2, 0.25) is 0 Å². The largest absolute Gasteiger partial charge is 0.389 e. The van der Waals surface area contributed by atoms with Crippen LogP contribution in [0.4, 0.5) is 22.0 Å². The van der Waals surface area contributed by atoms with E-state index in [0.717, 1.165) is 6.42 Å². The zero-order valence-electron chi connectivity index (χ0n) is 23.9. The number of hydrogen-bond acceptors (Lipinski definition) is 4. The number of aromatic amines is 1. The van der Waals surface area contributed by atoms with E-state index in [2.05, 4.69) is 25.7 Å². The van der Waals surface area contributed by atoms with Gasteiger partial charge in [-0.15, -0.1) is 0 Å². The highest BCUT2D eigenvalue weighted by Gasteiger charge is 2.30. The Labute approximate surface area is 236 Å². The Hall–Kier alpha value is -3.51. The molecule has 1 aliphatic carbocycles. The molecule has 4 rings (SSSR count). The average molecular weight is 587 g/mol. The third kappa shape index (κ3) is 11.5. The Bertz CT molecular complexity index is 1240. The van der Waals surface area contributed by atoms with Crippen molar-refractivity contribution in [1.82, 2.24) is 30.4 Å². The Balaban J connectivity index is 0.000000500. The number of carbonyl (C=O) groups excluding carboxylic acids is 2. The lowest BCUT2D eigenvalue weighted by atomic mass is 9.97. The summed E-state index contributed by atoms with van der Waals surface area (Å²) in [4.78, 5) is 31.5. The van der Waals surface area contributed by atoms with E-state index in [1.54, 1.807) is 35.1 Å². The zero-order valence-corrected chi connectivity index (χ0v) is 23.9. The fourth-order valence-electron chi connectivity index (χ4n) is 4.08. The topological polar surface area (TPSA) is 105 Å². The Kier molecular flexibility index (Phi) is 12.7. The number of H-pyrrole nitrogens is 1. The summed E-state index contributed by atoms with van der Waals surface area (Å²) in [6.45, 7) is 8.15. The van der Waals surface area contributed by atoms with Crippen LogP contribution in [0.25, 0.3) is 11.0 Å². The number of halogens is 5. The lowest BCUT2D eigenvalue weighted by Crippen LogP contribution is -2.26. The Morgan fingerprint density at radius 1 is 1.05 bits per heavy atom. The molecular weight excluding hydrogens is 547 g/mol. The summed E-state index contributed by atoms with van der Waals surface area (Å²) < 4.78 is 62.6. The van der Waals surface area contributed by atoms with Gasteiger partial charge < -0.3 is 15.6 Å². The van der Waals surface area contributed by atoms with Crippen molar-refractivity contribution in [2.45, 2.75) is 104 Å². The molecule has 41 heavy (non-hydrogen) atoms. The molecular formula is C28H39F5N6O2. The fourth-order valence-corrected chi connectivity index (χ4v) is 4.08. The molecule has 2 heterocycles. The standard InChI is InChI=1S/C20H23F3N6O2.C6H10F2.C2H6/c1-12(2)29-16(6-8-26-29)19(31)25-11-17-27-14-4-3-13(9-15(14)28-17)10-24-18(30)5-7-20(21,22)23;7-6(8)4-2-1-3-5-6;1-2/h3-4,6,8-9,12H,5,7,10-11H2,1-2H3,(H,24,30)(H,25,31)(H,27,28);1-5H2;1-2H3. The van der Waals surface area contributed by atoms with Gasteiger partial charge in [0, 0.05) is 38.0 Å². The molecule has 0 atom stereocenters. The normalized spacial score (nSPS) is 14.5. The van der Waals surface area contributed by atoms with Gasteiger partial charge in [0.1, 0.15) is 11.5 Å². The van der Waals surface area contributed by atoms with Crippen molar-refractivity contribution in [3.05, 3.63) is 47.5 Å². The molecule has 1 aliphatic rings. The van der Waals surface area contributed by atoms with Crippen molar-refractivity contribution in [3.8, 4) is 0 Å². The Morgan fingerprint density at radius 3 is 2.32 bits per heavy atom. The van der Waals surface area contributed by atoms with Crippen LogP contribution in [-0.2, 0) is 17.9 Å². The molecule has 3 aromatic rings. The molecule has 228 valence electrons. The second kappa shape index (κ2) is 15.5. The highest BCUT2D eigenvalue weighted by atomic mass is 19.4. The molecule has 8 nitrogen and oxygen atoms in total. The molecule has 0 bridgehead atoms. The van der Waals surface area contributed by atoms with Crippen molar-refractivity contribution in [2.75, 3.05) is 0 Å². The van der Waals surface area contributed by atoms with Gasteiger partial charge in [0.2, 0.25) is 11.8 Å². The molecule has 3 N–H and O–H groups in total. The van der Waals surface area contributed by atoms with Gasteiger partial charge in [0.05, 0.1) is 24.0 Å². The van der Waals surface area contributed by atoms with Crippen molar-refractivity contribution in [3.63, 3.8) is 0 Å². The molecule has 0 spiro atoms. The van der Waals surface area contributed by atoms with Gasteiger partial charge in [-0.2, -0.15) is 18.3 Å². The zero-order chi connectivity index (χ0) is 30.6. The third-order valence-electron chi connectivity index (χ3n) is 6.11. The van der Waals surface area contributed by atoms with Gasteiger partial charge in [-0.3, -0.25) is 14.3 Å². The lowest BCUT2D eigenvalue weighted by molar-refractivity contribution is -0.144. The van der Waals surface area contributed by atoms with Crippen LogP contribution in [0.1, 0.15) is 101 Å². The number of alkyl halides is 5. The number of benzene rings is 1. The van der Waals surface area contributed by atoms with Crippen molar-refractivity contribution < 1.29 is 31.5 Å². The number of rotatable bonds is 8. The number of hydrogen-bond donors (Lipinski definition) is 3. The number of nitrogens with zero attached hydrogens (tertiary/aromatic N) is 3. The first kappa shape index (κ1) is 33.7. The quantitative estimate of drug-likeness (QED) is 0.251.